The Morgan fingerprint density at radius 1 is 0.943 bits per heavy atom. The van der Waals surface area contributed by atoms with Crippen molar-refractivity contribution >= 4 is 34.2 Å². The van der Waals surface area contributed by atoms with Crippen LogP contribution in [0.15, 0.2) is 91.1 Å². The van der Waals surface area contributed by atoms with Crippen LogP contribution in [0.5, 0.6) is 0 Å². The molecule has 2 heterocycles. The molecule has 5 aromatic rings. The first-order chi connectivity index (χ1) is 17.0. The summed E-state index contributed by atoms with van der Waals surface area (Å²) in [4.78, 5) is 18.3. The molecule has 0 fully saturated rings. The lowest BCUT2D eigenvalue weighted by Crippen LogP contribution is -2.24. The molecule has 5 rings (SSSR count). The number of benzene rings is 3. The van der Waals surface area contributed by atoms with Crippen LogP contribution in [0.4, 0.5) is 5.69 Å². The summed E-state index contributed by atoms with van der Waals surface area (Å²) in [6.45, 7) is 2.03. The van der Waals surface area contributed by atoms with Gasteiger partial charge in [-0.25, -0.2) is 4.98 Å². The number of fused-ring (bicyclic) bond motifs is 1. The van der Waals surface area contributed by atoms with Crippen molar-refractivity contribution in [1.82, 2.24) is 14.1 Å². The number of anilines is 1. The number of para-hydroxylation sites is 3. The lowest BCUT2D eigenvalue weighted by atomic mass is 10.0. The van der Waals surface area contributed by atoms with Crippen molar-refractivity contribution in [3.05, 3.63) is 107 Å². The number of imidazole rings is 1. The van der Waals surface area contributed by atoms with Crippen molar-refractivity contribution in [3.63, 3.8) is 0 Å². The zero-order chi connectivity index (χ0) is 24.5. The predicted molar refractivity (Wildman–Crippen MR) is 140 cm³/mol. The molecule has 1 N–H and O–H groups in total. The van der Waals surface area contributed by atoms with Crippen LogP contribution < -0.4 is 10.5 Å². The molecule has 0 radical (unpaired) electrons. The third kappa shape index (κ3) is 4.13. The fourth-order valence-corrected chi connectivity index (χ4v) is 4.47. The van der Waals surface area contributed by atoms with E-state index in [4.69, 9.17) is 22.0 Å². The molecule has 0 spiro atoms. The lowest BCUT2D eigenvalue weighted by Gasteiger charge is -2.19. The maximum absolute atomic E-state index is 12.0. The molecular weight excluding hydrogens is 458 g/mol. The highest BCUT2D eigenvalue weighted by Crippen LogP contribution is 2.30. The number of hydrogen-bond acceptors (Lipinski definition) is 3. The summed E-state index contributed by atoms with van der Waals surface area (Å²) in [7, 11) is 1.76. The minimum absolute atomic E-state index is 0.0391. The molecule has 0 saturated carbocycles. The molecule has 2 aromatic heterocycles. The second kappa shape index (κ2) is 9.24. The number of rotatable bonds is 5. The molecule has 7 heteroatoms. The molecule has 0 unspecified atom stereocenters. The number of hydrogen-bond donors (Lipinski definition) is 1. The van der Waals surface area contributed by atoms with Crippen molar-refractivity contribution in [2.45, 2.75) is 13.5 Å². The second-order valence-corrected chi connectivity index (χ2v) is 8.73. The van der Waals surface area contributed by atoms with E-state index in [0.717, 1.165) is 33.4 Å². The van der Waals surface area contributed by atoms with Crippen LogP contribution in [0.2, 0.25) is 5.02 Å². The van der Waals surface area contributed by atoms with Gasteiger partial charge in [-0.1, -0.05) is 60.1 Å². The molecule has 0 aliphatic carbocycles. The zero-order valence-corrected chi connectivity index (χ0v) is 20.2. The first-order valence-corrected chi connectivity index (χ1v) is 11.6. The minimum Gasteiger partial charge on any atom is -0.315 e. The minimum atomic E-state index is -0.0391. The number of nitrogens with one attached hydrogen (secondary N) is 1. The monoisotopic (exact) mass is 481 g/mol. The van der Waals surface area contributed by atoms with Gasteiger partial charge in [0.05, 0.1) is 23.3 Å². The van der Waals surface area contributed by atoms with Gasteiger partial charge in [0.15, 0.2) is 0 Å². The Kier molecular flexibility index (Phi) is 5.97. The van der Waals surface area contributed by atoms with E-state index < -0.39 is 0 Å². The van der Waals surface area contributed by atoms with Gasteiger partial charge in [-0.15, -0.1) is 0 Å². The third-order valence-corrected chi connectivity index (χ3v) is 6.56. The lowest BCUT2D eigenvalue weighted by molar-refractivity contribution is -0.116. The van der Waals surface area contributed by atoms with Crippen molar-refractivity contribution in [3.8, 4) is 16.9 Å². The molecule has 174 valence electrons. The van der Waals surface area contributed by atoms with Gasteiger partial charge in [-0.3, -0.25) is 14.8 Å². The Balaban J connectivity index is 1.59. The standard InChI is InChI=1S/C28H24ClN5O/c1-19(35)32(2)24-12-6-4-10-22(24)20-15-16-27(31-17-20)34-26-14-8-7-13-25(26)33(28(34)30)18-21-9-3-5-11-23(21)29/h3-17,30H,18H2,1-2H3. The fourth-order valence-electron chi connectivity index (χ4n) is 4.28. The molecule has 35 heavy (non-hydrogen) atoms. The van der Waals surface area contributed by atoms with E-state index in [0.29, 0.717) is 23.0 Å². The largest absolute Gasteiger partial charge is 0.315 e. The van der Waals surface area contributed by atoms with E-state index >= 15 is 0 Å². The smallest absolute Gasteiger partial charge is 0.223 e. The maximum atomic E-state index is 12.0. The highest BCUT2D eigenvalue weighted by atomic mass is 35.5. The highest BCUT2D eigenvalue weighted by molar-refractivity contribution is 6.31. The van der Waals surface area contributed by atoms with E-state index in [2.05, 4.69) is 0 Å². The Bertz CT molecular complexity index is 1600. The number of amides is 1. The Hall–Kier alpha value is -4.16. The van der Waals surface area contributed by atoms with Gasteiger partial charge in [0.25, 0.3) is 0 Å². The van der Waals surface area contributed by atoms with E-state index in [-0.39, 0.29) is 5.91 Å². The van der Waals surface area contributed by atoms with Gasteiger partial charge in [-0.05, 0) is 42.0 Å². The van der Waals surface area contributed by atoms with Gasteiger partial charge >= 0.3 is 0 Å². The summed E-state index contributed by atoms with van der Waals surface area (Å²) in [6, 6.07) is 27.2. The Labute approximate surface area is 208 Å². The van der Waals surface area contributed by atoms with Gasteiger partial charge in [-0.2, -0.15) is 0 Å². The number of halogens is 1. The maximum Gasteiger partial charge on any atom is 0.223 e. The Morgan fingerprint density at radius 2 is 1.63 bits per heavy atom. The summed E-state index contributed by atoms with van der Waals surface area (Å²) in [5, 5.41) is 9.66. The van der Waals surface area contributed by atoms with Crippen LogP contribution in [0, 0.1) is 5.41 Å². The van der Waals surface area contributed by atoms with E-state index in [1.54, 1.807) is 25.1 Å². The van der Waals surface area contributed by atoms with Gasteiger partial charge in [0.2, 0.25) is 11.5 Å². The summed E-state index contributed by atoms with van der Waals surface area (Å²) >= 11 is 6.41. The Morgan fingerprint density at radius 3 is 2.34 bits per heavy atom. The highest BCUT2D eigenvalue weighted by Gasteiger charge is 2.16. The molecule has 1 amide bonds. The number of pyridine rings is 1. The van der Waals surface area contributed by atoms with Gasteiger partial charge in [0.1, 0.15) is 5.82 Å². The summed E-state index contributed by atoms with van der Waals surface area (Å²) in [6.07, 6.45) is 1.79. The summed E-state index contributed by atoms with van der Waals surface area (Å²) in [5.74, 6) is 0.605. The van der Waals surface area contributed by atoms with Crippen LogP contribution in [0.25, 0.3) is 28.0 Å². The quantitative estimate of drug-likeness (QED) is 0.352. The molecule has 0 aliphatic rings. The zero-order valence-electron chi connectivity index (χ0n) is 19.4. The van der Waals surface area contributed by atoms with Gasteiger partial charge < -0.3 is 9.47 Å². The molecule has 3 aromatic carbocycles. The second-order valence-electron chi connectivity index (χ2n) is 8.33. The average Bonchev–Trinajstić information content (AvgIpc) is 3.16. The van der Waals surface area contributed by atoms with Crippen LogP contribution >= 0.6 is 11.6 Å². The molecule has 0 bridgehead atoms. The number of nitrogens with zero attached hydrogens (tertiary/aromatic N) is 4. The fraction of sp³-hybridized carbons (Fsp3) is 0.107. The van der Waals surface area contributed by atoms with Crippen LogP contribution in [0.3, 0.4) is 0 Å². The molecule has 0 atom stereocenters. The third-order valence-electron chi connectivity index (χ3n) is 6.19. The SMILES string of the molecule is CC(=O)N(C)c1ccccc1-c1ccc(-n2c(=N)n(Cc3ccccc3Cl)c3ccccc32)nc1. The number of carbonyl (C=O) groups is 1. The molecule has 6 nitrogen and oxygen atoms in total. The van der Waals surface area contributed by atoms with Crippen molar-refractivity contribution in [2.75, 3.05) is 11.9 Å². The summed E-state index contributed by atoms with van der Waals surface area (Å²) < 4.78 is 3.77. The topological polar surface area (TPSA) is 66.9 Å². The molecule has 0 aliphatic heterocycles. The predicted octanol–water partition coefficient (Wildman–Crippen LogP) is 5.66. The average molecular weight is 482 g/mol. The van der Waals surface area contributed by atoms with Crippen molar-refractivity contribution in [1.29, 1.82) is 5.41 Å². The van der Waals surface area contributed by atoms with E-state index in [1.165, 1.54) is 0 Å². The first kappa shape index (κ1) is 22.6. The molecule has 0 saturated heterocycles. The van der Waals surface area contributed by atoms with E-state index in [1.807, 2.05) is 94.1 Å². The van der Waals surface area contributed by atoms with Crippen molar-refractivity contribution < 1.29 is 4.79 Å². The van der Waals surface area contributed by atoms with Gasteiger partial charge in [0, 0.05) is 36.3 Å². The number of carbonyl (C=O) groups excluding carboxylic acids is 1. The van der Waals surface area contributed by atoms with Crippen LogP contribution in [0.1, 0.15) is 12.5 Å². The first-order valence-electron chi connectivity index (χ1n) is 11.2. The van der Waals surface area contributed by atoms with Crippen molar-refractivity contribution in [2.24, 2.45) is 0 Å². The van der Waals surface area contributed by atoms with E-state index in [9.17, 15) is 4.79 Å². The van der Waals surface area contributed by atoms with Crippen LogP contribution in [-0.4, -0.2) is 27.1 Å². The van der Waals surface area contributed by atoms with Crippen LogP contribution in [-0.2, 0) is 11.3 Å². The normalized spacial score (nSPS) is 11.1. The molecular formula is C28H24ClN5O. The number of aromatic nitrogens is 3. The summed E-state index contributed by atoms with van der Waals surface area (Å²) in [5.41, 5.74) is 5.71.